The number of para-hydroxylation sites is 1. The van der Waals surface area contributed by atoms with Crippen molar-refractivity contribution in [3.63, 3.8) is 0 Å². The Morgan fingerprint density at radius 3 is 2.33 bits per heavy atom. The Balaban J connectivity index is 2.40. The molecule has 0 radical (unpaired) electrons. The molecule has 0 amide bonds. The van der Waals surface area contributed by atoms with Gasteiger partial charge in [-0.2, -0.15) is 5.09 Å². The van der Waals surface area contributed by atoms with E-state index in [-0.39, 0.29) is 12.4 Å². The molecule has 1 fully saturated rings. The van der Waals surface area contributed by atoms with Crippen LogP contribution in [0.1, 0.15) is 41.5 Å². The quantitative estimate of drug-likeness (QED) is 0.312. The van der Waals surface area contributed by atoms with Gasteiger partial charge in [0.2, 0.25) is 6.29 Å². The van der Waals surface area contributed by atoms with E-state index in [1.165, 1.54) is 21.0 Å². The third-order valence-corrected chi connectivity index (χ3v) is 7.32. The molecule has 1 aromatic carbocycles. The van der Waals surface area contributed by atoms with Gasteiger partial charge in [0.05, 0.1) is 18.8 Å². The molecule has 36 heavy (non-hydrogen) atoms. The molecule has 2 rings (SSSR count). The van der Waals surface area contributed by atoms with Gasteiger partial charge in [0.25, 0.3) is 0 Å². The molecule has 204 valence electrons. The van der Waals surface area contributed by atoms with Crippen LogP contribution in [0, 0.1) is 11.8 Å². The summed E-state index contributed by atoms with van der Waals surface area (Å²) >= 11 is 0. The summed E-state index contributed by atoms with van der Waals surface area (Å²) in [6.45, 7) is 9.28. The van der Waals surface area contributed by atoms with E-state index >= 15 is 0 Å². The summed E-state index contributed by atoms with van der Waals surface area (Å²) in [6, 6.07) is 7.04. The normalized spacial score (nSPS) is 27.5. The average Bonchev–Trinajstić information content (AvgIpc) is 2.78. The van der Waals surface area contributed by atoms with Crippen molar-refractivity contribution in [1.82, 2.24) is 5.09 Å². The van der Waals surface area contributed by atoms with Crippen molar-refractivity contribution < 1.29 is 46.5 Å². The number of halogens is 1. The number of ether oxygens (including phenoxy) is 4. The predicted octanol–water partition coefficient (Wildman–Crippen LogP) is 4.03. The Morgan fingerprint density at radius 2 is 1.78 bits per heavy atom. The Morgan fingerprint density at radius 1 is 1.14 bits per heavy atom. The first-order valence-corrected chi connectivity index (χ1v) is 13.4. The van der Waals surface area contributed by atoms with Gasteiger partial charge in [0, 0.05) is 20.0 Å². The summed E-state index contributed by atoms with van der Waals surface area (Å²) in [7, 11) is -3.02. The first-order valence-electron chi connectivity index (χ1n) is 11.8. The molecule has 0 bridgehead atoms. The summed E-state index contributed by atoms with van der Waals surface area (Å²) in [5.74, 6) is -1.97. The zero-order chi connectivity index (χ0) is 27.0. The number of nitrogens with one attached hydrogen (secondary N) is 1. The Bertz CT molecular complexity index is 903. The summed E-state index contributed by atoms with van der Waals surface area (Å²) < 4.78 is 61.8. The topological polar surface area (TPSA) is 119 Å². The van der Waals surface area contributed by atoms with Gasteiger partial charge in [-0.1, -0.05) is 32.0 Å². The summed E-state index contributed by atoms with van der Waals surface area (Å²) in [4.78, 5) is 24.3. The Labute approximate surface area is 211 Å². The highest BCUT2D eigenvalue weighted by Gasteiger charge is 2.50. The lowest BCUT2D eigenvalue weighted by Crippen LogP contribution is -2.55. The molecule has 2 unspecified atom stereocenters. The number of methoxy groups -OCH3 is 1. The lowest BCUT2D eigenvalue weighted by atomic mass is 9.82. The second-order valence-electron chi connectivity index (χ2n) is 9.08. The summed E-state index contributed by atoms with van der Waals surface area (Å²) in [5.41, 5.74) is 0. The molecular formula is C24H37FNO9P. The van der Waals surface area contributed by atoms with E-state index in [1.54, 1.807) is 58.0 Å². The Kier molecular flexibility index (Phi) is 11.3. The maximum Gasteiger partial charge on any atom is 0.461 e. The molecule has 1 heterocycles. The number of carbonyl (C=O) groups is 2. The van der Waals surface area contributed by atoms with Gasteiger partial charge in [0.1, 0.15) is 18.0 Å². The molecular weight excluding hydrogens is 496 g/mol. The highest BCUT2D eigenvalue weighted by atomic mass is 31.2. The molecule has 1 aromatic rings. The fraction of sp³-hybridized carbons (Fsp3) is 0.667. The van der Waals surface area contributed by atoms with Crippen molar-refractivity contribution in [3.8, 4) is 5.75 Å². The third-order valence-electron chi connectivity index (χ3n) is 5.68. The van der Waals surface area contributed by atoms with Crippen LogP contribution < -0.4 is 9.61 Å². The molecule has 0 aromatic heterocycles. The van der Waals surface area contributed by atoms with Crippen molar-refractivity contribution in [3.05, 3.63) is 30.3 Å². The SMILES string of the molecule is COC[C@H](F)C1O[C@@H](O[P@@](=O)(N[C@@H](C)C(=O)OC(C)C)Oc2ccccc2)C(OC(C)=O)[C@@H](C)[C@@H]1C. The third kappa shape index (κ3) is 8.52. The zero-order valence-corrected chi connectivity index (χ0v) is 22.6. The summed E-state index contributed by atoms with van der Waals surface area (Å²) in [6.07, 6.45) is -5.45. The first kappa shape index (κ1) is 30.2. The highest BCUT2D eigenvalue weighted by Crippen LogP contribution is 2.49. The standard InChI is InChI=1S/C24H37FNO9P/c1-14(2)31-23(28)17(5)26-36(29,34-19-11-9-8-10-12-19)35-24-22(32-18(6)27)16(4)15(3)21(33-24)20(25)13-30-7/h8-12,14-17,20-22,24H,13H2,1-7H3,(H,26,29)/t15-,16-,17-,20-,21?,22?,24-,36+/m0/s1. The van der Waals surface area contributed by atoms with Gasteiger partial charge in [-0.25, -0.2) is 8.96 Å². The molecule has 0 spiro atoms. The van der Waals surface area contributed by atoms with Crippen LogP contribution in [0.4, 0.5) is 4.39 Å². The number of hydrogen-bond donors (Lipinski definition) is 1. The molecule has 0 saturated carbocycles. The lowest BCUT2D eigenvalue weighted by Gasteiger charge is -2.45. The molecule has 0 aliphatic carbocycles. The van der Waals surface area contributed by atoms with Gasteiger partial charge in [-0.05, 0) is 38.8 Å². The number of carbonyl (C=O) groups excluding carboxylic acids is 2. The smallest absolute Gasteiger partial charge is 0.461 e. The first-order chi connectivity index (χ1) is 16.9. The van der Waals surface area contributed by atoms with Gasteiger partial charge < -0.3 is 23.5 Å². The predicted molar refractivity (Wildman–Crippen MR) is 129 cm³/mol. The number of esters is 2. The largest absolute Gasteiger partial charge is 0.462 e. The minimum Gasteiger partial charge on any atom is -0.462 e. The van der Waals surface area contributed by atoms with Crippen molar-refractivity contribution >= 4 is 19.7 Å². The average molecular weight is 534 g/mol. The van der Waals surface area contributed by atoms with E-state index in [0.29, 0.717) is 0 Å². The van der Waals surface area contributed by atoms with E-state index in [4.69, 9.17) is 28.0 Å². The van der Waals surface area contributed by atoms with E-state index in [9.17, 15) is 18.5 Å². The number of rotatable bonds is 12. The van der Waals surface area contributed by atoms with Crippen LogP contribution in [0.2, 0.25) is 0 Å². The van der Waals surface area contributed by atoms with Crippen LogP contribution in [-0.4, -0.2) is 62.5 Å². The van der Waals surface area contributed by atoms with Crippen molar-refractivity contribution in [2.75, 3.05) is 13.7 Å². The van der Waals surface area contributed by atoms with Gasteiger partial charge >= 0.3 is 19.7 Å². The Hall–Kier alpha value is -2.04. The number of alkyl halides is 1. The second-order valence-corrected chi connectivity index (χ2v) is 10.7. The molecule has 12 heteroatoms. The molecule has 1 aliphatic rings. The van der Waals surface area contributed by atoms with E-state index in [0.717, 1.165) is 0 Å². The lowest BCUT2D eigenvalue weighted by molar-refractivity contribution is -0.261. The van der Waals surface area contributed by atoms with Crippen LogP contribution in [0.3, 0.4) is 0 Å². The molecule has 1 saturated heterocycles. The van der Waals surface area contributed by atoms with Crippen LogP contribution in [0.5, 0.6) is 5.75 Å². The minimum atomic E-state index is -4.38. The number of benzene rings is 1. The van der Waals surface area contributed by atoms with Crippen LogP contribution in [-0.2, 0) is 37.6 Å². The maximum atomic E-state index is 14.9. The number of hydrogen-bond acceptors (Lipinski definition) is 9. The monoisotopic (exact) mass is 533 g/mol. The fourth-order valence-electron chi connectivity index (χ4n) is 3.77. The fourth-order valence-corrected chi connectivity index (χ4v) is 5.35. The van der Waals surface area contributed by atoms with E-state index in [2.05, 4.69) is 5.09 Å². The van der Waals surface area contributed by atoms with Crippen molar-refractivity contribution in [1.29, 1.82) is 0 Å². The zero-order valence-electron chi connectivity index (χ0n) is 21.7. The second kappa shape index (κ2) is 13.5. The van der Waals surface area contributed by atoms with E-state index in [1.807, 2.05) is 0 Å². The van der Waals surface area contributed by atoms with Crippen molar-refractivity contribution in [2.45, 2.75) is 78.4 Å². The van der Waals surface area contributed by atoms with Gasteiger partial charge in [0.15, 0.2) is 6.10 Å². The minimum absolute atomic E-state index is 0.179. The van der Waals surface area contributed by atoms with Crippen LogP contribution >= 0.6 is 7.75 Å². The molecule has 1 N–H and O–H groups in total. The summed E-state index contributed by atoms with van der Waals surface area (Å²) in [5, 5.41) is 2.56. The van der Waals surface area contributed by atoms with Gasteiger partial charge in [-0.15, -0.1) is 0 Å². The molecule has 1 aliphatic heterocycles. The molecule has 10 nitrogen and oxygen atoms in total. The maximum absolute atomic E-state index is 14.9. The van der Waals surface area contributed by atoms with Crippen molar-refractivity contribution in [2.24, 2.45) is 11.8 Å². The van der Waals surface area contributed by atoms with E-state index < -0.39 is 68.3 Å². The highest BCUT2D eigenvalue weighted by molar-refractivity contribution is 7.52. The molecule has 8 atom stereocenters. The van der Waals surface area contributed by atoms with Crippen LogP contribution in [0.15, 0.2) is 30.3 Å². The van der Waals surface area contributed by atoms with Crippen LogP contribution in [0.25, 0.3) is 0 Å². The van der Waals surface area contributed by atoms with Gasteiger partial charge in [-0.3, -0.25) is 14.1 Å².